The van der Waals surface area contributed by atoms with Crippen LogP contribution in [0.1, 0.15) is 12.8 Å². The normalized spacial score (nSPS) is 14.4. The Morgan fingerprint density at radius 3 is 2.00 bits per heavy atom. The summed E-state index contributed by atoms with van der Waals surface area (Å²) in [5.74, 6) is -3.66. The monoisotopic (exact) mass is 204 g/mol. The fourth-order valence-corrected chi connectivity index (χ4v) is 0.852. The number of carboxylic acids is 2. The molecule has 7 nitrogen and oxygen atoms in total. The average molecular weight is 204 g/mol. The van der Waals surface area contributed by atoms with E-state index in [1.54, 1.807) is 0 Å². The highest BCUT2D eigenvalue weighted by Gasteiger charge is 2.40. The molecule has 0 aromatic carbocycles. The number of aliphatic carboxylic acids is 2. The van der Waals surface area contributed by atoms with Crippen molar-refractivity contribution in [3.05, 3.63) is 0 Å². The van der Waals surface area contributed by atoms with E-state index >= 15 is 0 Å². The van der Waals surface area contributed by atoms with Crippen LogP contribution in [-0.4, -0.2) is 40.0 Å². The van der Waals surface area contributed by atoms with Crippen molar-refractivity contribution in [1.82, 2.24) is 0 Å². The molecule has 0 saturated heterocycles. The lowest BCUT2D eigenvalue weighted by Gasteiger charge is -2.21. The summed E-state index contributed by atoms with van der Waals surface area (Å²) in [7, 11) is 0. The van der Waals surface area contributed by atoms with Crippen LogP contribution in [0, 0.1) is 0 Å². The molecule has 6 N–H and O–H groups in total. The summed E-state index contributed by atoms with van der Waals surface area (Å²) in [6, 6.07) is 0. The third-order valence-corrected chi connectivity index (χ3v) is 1.80. The molecule has 0 saturated carbocycles. The minimum absolute atomic E-state index is 0.465. The van der Waals surface area contributed by atoms with Crippen LogP contribution in [0.3, 0.4) is 0 Å². The number of hydrogen-bond donors (Lipinski definition) is 4. The second kappa shape index (κ2) is 4.68. The van der Waals surface area contributed by atoms with Crippen molar-refractivity contribution >= 4 is 17.7 Å². The van der Waals surface area contributed by atoms with Gasteiger partial charge in [-0.15, -0.1) is 0 Å². The molecule has 0 radical (unpaired) electrons. The summed E-state index contributed by atoms with van der Waals surface area (Å²) < 4.78 is 0. The maximum atomic E-state index is 11.1. The van der Waals surface area contributed by atoms with Gasteiger partial charge in [0.15, 0.2) is 11.3 Å². The van der Waals surface area contributed by atoms with Gasteiger partial charge in [0.2, 0.25) is 0 Å². The van der Waals surface area contributed by atoms with Crippen LogP contribution in [0.25, 0.3) is 0 Å². The van der Waals surface area contributed by atoms with Gasteiger partial charge in [0.25, 0.3) is 0 Å². The molecule has 0 aliphatic rings. The van der Waals surface area contributed by atoms with Gasteiger partial charge < -0.3 is 21.7 Å². The quantitative estimate of drug-likeness (QED) is 0.372. The van der Waals surface area contributed by atoms with Gasteiger partial charge >= 0.3 is 11.9 Å². The molecule has 0 bridgehead atoms. The van der Waals surface area contributed by atoms with E-state index in [1.165, 1.54) is 0 Å². The summed E-state index contributed by atoms with van der Waals surface area (Å²) in [6.45, 7) is -0.525. The smallest absolute Gasteiger partial charge is 0.331 e. The maximum absolute atomic E-state index is 11.1. The van der Waals surface area contributed by atoms with E-state index in [0.717, 1.165) is 0 Å². The first-order valence-electron chi connectivity index (χ1n) is 3.82. The predicted octanol–water partition coefficient (Wildman–Crippen LogP) is -1.84. The van der Waals surface area contributed by atoms with Crippen LogP contribution in [0.4, 0.5) is 0 Å². The Hall–Kier alpha value is -1.47. The van der Waals surface area contributed by atoms with E-state index in [0.29, 0.717) is 0 Å². The Bertz CT molecular complexity index is 265. The van der Waals surface area contributed by atoms with Gasteiger partial charge in [0.1, 0.15) is 0 Å². The molecular weight excluding hydrogens is 192 g/mol. The zero-order valence-electron chi connectivity index (χ0n) is 7.40. The molecule has 14 heavy (non-hydrogen) atoms. The van der Waals surface area contributed by atoms with E-state index < -0.39 is 42.6 Å². The largest absolute Gasteiger partial charge is 0.481 e. The Kier molecular flexibility index (Phi) is 4.19. The molecule has 80 valence electrons. The van der Waals surface area contributed by atoms with Crippen LogP contribution in [0.5, 0.6) is 0 Å². The molecule has 7 heteroatoms. The van der Waals surface area contributed by atoms with Crippen molar-refractivity contribution in [2.75, 3.05) is 6.54 Å². The molecule has 0 aliphatic carbocycles. The number of ketones is 1. The molecule has 0 heterocycles. The first-order valence-corrected chi connectivity index (χ1v) is 3.82. The van der Waals surface area contributed by atoms with Crippen LogP contribution in [-0.2, 0) is 14.4 Å². The van der Waals surface area contributed by atoms with E-state index in [9.17, 15) is 14.4 Å². The molecular formula is C7H12N2O5. The van der Waals surface area contributed by atoms with Crippen molar-refractivity contribution < 1.29 is 24.6 Å². The summed E-state index contributed by atoms with van der Waals surface area (Å²) >= 11 is 0. The molecule has 0 fully saturated rings. The fourth-order valence-electron chi connectivity index (χ4n) is 0.852. The Morgan fingerprint density at radius 1 is 1.21 bits per heavy atom. The van der Waals surface area contributed by atoms with Gasteiger partial charge in [-0.1, -0.05) is 0 Å². The Morgan fingerprint density at radius 2 is 1.71 bits per heavy atom. The number of Topliss-reactive ketones (excluding diaryl/α,β-unsaturated/α-hetero) is 1. The first kappa shape index (κ1) is 12.5. The van der Waals surface area contributed by atoms with Crippen LogP contribution in [0.2, 0.25) is 0 Å². The highest BCUT2D eigenvalue weighted by Crippen LogP contribution is 2.11. The highest BCUT2D eigenvalue weighted by molar-refractivity contribution is 6.08. The van der Waals surface area contributed by atoms with Gasteiger partial charge in [-0.3, -0.25) is 9.59 Å². The predicted molar refractivity (Wildman–Crippen MR) is 45.5 cm³/mol. The number of rotatable bonds is 6. The molecule has 0 amide bonds. The Labute approximate surface area is 79.7 Å². The van der Waals surface area contributed by atoms with Crippen molar-refractivity contribution in [1.29, 1.82) is 0 Å². The lowest BCUT2D eigenvalue weighted by atomic mass is 9.90. The van der Waals surface area contributed by atoms with E-state index in [4.69, 9.17) is 21.7 Å². The van der Waals surface area contributed by atoms with Gasteiger partial charge in [0.05, 0.1) is 6.54 Å². The Balaban J connectivity index is 4.64. The summed E-state index contributed by atoms with van der Waals surface area (Å²) in [6.07, 6.45) is -0.956. The summed E-state index contributed by atoms with van der Waals surface area (Å²) in [4.78, 5) is 31.9. The van der Waals surface area contributed by atoms with E-state index in [1.807, 2.05) is 0 Å². The third kappa shape index (κ3) is 2.79. The first-order chi connectivity index (χ1) is 6.34. The average Bonchev–Trinajstić information content (AvgIpc) is 2.12. The molecule has 0 aliphatic heterocycles. The van der Waals surface area contributed by atoms with Crippen molar-refractivity contribution in [2.45, 2.75) is 18.4 Å². The standard InChI is InChI=1S/C7H12N2O5/c8-3-4(10)7(9,6(13)14)2-1-5(11)12/h1-3,8-9H2,(H,11,12)(H,13,14)/t7-/m1/s1. The molecule has 0 rings (SSSR count). The van der Waals surface area contributed by atoms with Gasteiger partial charge in [-0.2, -0.15) is 0 Å². The zero-order chi connectivity index (χ0) is 11.4. The van der Waals surface area contributed by atoms with Gasteiger partial charge in [-0.05, 0) is 6.42 Å². The maximum Gasteiger partial charge on any atom is 0.331 e. The lowest BCUT2D eigenvalue weighted by Crippen LogP contribution is -2.57. The van der Waals surface area contributed by atoms with E-state index in [2.05, 4.69) is 0 Å². The number of carbonyl (C=O) groups excluding carboxylic acids is 1. The number of hydrogen-bond acceptors (Lipinski definition) is 5. The zero-order valence-corrected chi connectivity index (χ0v) is 7.40. The lowest BCUT2D eigenvalue weighted by molar-refractivity contribution is -0.148. The topological polar surface area (TPSA) is 144 Å². The molecule has 0 aromatic heterocycles. The second-order valence-electron chi connectivity index (χ2n) is 2.80. The number of nitrogens with two attached hydrogens (primary N) is 2. The van der Waals surface area contributed by atoms with Crippen LogP contribution >= 0.6 is 0 Å². The summed E-state index contributed by atoms with van der Waals surface area (Å²) in [5, 5.41) is 17.0. The number of carboxylic acid groups (broad SMARTS) is 2. The van der Waals surface area contributed by atoms with E-state index in [-0.39, 0.29) is 0 Å². The molecule has 1 atom stereocenters. The van der Waals surface area contributed by atoms with Crippen molar-refractivity contribution in [3.63, 3.8) is 0 Å². The number of carbonyl (C=O) groups is 3. The van der Waals surface area contributed by atoms with Crippen molar-refractivity contribution in [3.8, 4) is 0 Å². The minimum atomic E-state index is -2.19. The highest BCUT2D eigenvalue weighted by atomic mass is 16.4. The second-order valence-corrected chi connectivity index (χ2v) is 2.80. The van der Waals surface area contributed by atoms with Gasteiger partial charge in [-0.25, -0.2) is 4.79 Å². The van der Waals surface area contributed by atoms with Crippen molar-refractivity contribution in [2.24, 2.45) is 11.5 Å². The van der Waals surface area contributed by atoms with Crippen LogP contribution in [0.15, 0.2) is 0 Å². The molecule has 0 aromatic rings. The van der Waals surface area contributed by atoms with Gasteiger partial charge in [0, 0.05) is 6.42 Å². The SMILES string of the molecule is NCC(=O)[C@](N)(CCC(=O)O)C(=O)O. The molecule has 0 spiro atoms. The van der Waals surface area contributed by atoms with Crippen LogP contribution < -0.4 is 11.5 Å². The summed E-state index contributed by atoms with van der Waals surface area (Å²) in [5.41, 5.74) is 8.03. The fraction of sp³-hybridized carbons (Fsp3) is 0.571. The third-order valence-electron chi connectivity index (χ3n) is 1.80. The molecule has 0 unspecified atom stereocenters. The minimum Gasteiger partial charge on any atom is -0.481 e.